The van der Waals surface area contributed by atoms with Crippen molar-refractivity contribution >= 4 is 5.69 Å². The average Bonchev–Trinajstić information content (AvgIpc) is 2.74. The second kappa shape index (κ2) is 4.67. The summed E-state index contributed by atoms with van der Waals surface area (Å²) in [6, 6.07) is 6.77. The highest BCUT2D eigenvalue weighted by Crippen LogP contribution is 2.23. The van der Waals surface area contributed by atoms with Crippen LogP contribution in [0.4, 0.5) is 5.69 Å². The van der Waals surface area contributed by atoms with Crippen molar-refractivity contribution in [3.05, 3.63) is 29.3 Å². The third-order valence-corrected chi connectivity index (χ3v) is 3.21. The molecule has 15 heavy (non-hydrogen) atoms. The number of nitrogens with two attached hydrogens (primary N) is 1. The van der Waals surface area contributed by atoms with E-state index >= 15 is 0 Å². The van der Waals surface area contributed by atoms with Crippen LogP contribution in [0.15, 0.2) is 18.2 Å². The summed E-state index contributed by atoms with van der Waals surface area (Å²) in [5.74, 6) is 0. The van der Waals surface area contributed by atoms with E-state index in [1.54, 1.807) is 0 Å². The highest BCUT2D eigenvalue weighted by Gasteiger charge is 2.12. The van der Waals surface area contributed by atoms with Crippen molar-refractivity contribution in [3.63, 3.8) is 0 Å². The molecule has 2 N–H and O–H groups in total. The quantitative estimate of drug-likeness (QED) is 0.817. The molecule has 0 atom stereocenters. The maximum Gasteiger partial charge on any atom is 0.0369 e. The first kappa shape index (κ1) is 10.5. The second-order valence-corrected chi connectivity index (χ2v) is 4.34. The first-order valence-electron chi connectivity index (χ1n) is 5.86. The fraction of sp³-hybridized carbons (Fsp3) is 0.538. The molecule has 1 aromatic rings. The van der Waals surface area contributed by atoms with Gasteiger partial charge in [-0.1, -0.05) is 6.07 Å². The molecule has 1 aromatic carbocycles. The Bertz CT molecular complexity index is 327. The molecule has 0 saturated carbocycles. The van der Waals surface area contributed by atoms with Crippen molar-refractivity contribution in [2.45, 2.75) is 26.2 Å². The van der Waals surface area contributed by atoms with Gasteiger partial charge in [-0.2, -0.15) is 0 Å². The molecule has 0 radical (unpaired) electrons. The number of anilines is 1. The highest BCUT2D eigenvalue weighted by atomic mass is 15.1. The lowest BCUT2D eigenvalue weighted by Gasteiger charge is -2.19. The van der Waals surface area contributed by atoms with Gasteiger partial charge in [0.25, 0.3) is 0 Å². The van der Waals surface area contributed by atoms with Gasteiger partial charge in [-0.15, -0.1) is 0 Å². The number of aryl methyl sites for hydroxylation is 1. The van der Waals surface area contributed by atoms with Crippen LogP contribution in [0.1, 0.15) is 24.0 Å². The number of rotatable bonds is 3. The molecule has 1 aliphatic rings. The largest absolute Gasteiger partial charge is 0.372 e. The molecule has 82 valence electrons. The smallest absolute Gasteiger partial charge is 0.0369 e. The van der Waals surface area contributed by atoms with Crippen LogP contribution in [-0.2, 0) is 6.42 Å². The Kier molecular flexibility index (Phi) is 3.27. The van der Waals surface area contributed by atoms with Crippen molar-refractivity contribution in [2.75, 3.05) is 24.5 Å². The Hall–Kier alpha value is -1.02. The summed E-state index contributed by atoms with van der Waals surface area (Å²) in [6.45, 7) is 5.36. The molecular formula is C13H20N2. The zero-order chi connectivity index (χ0) is 10.7. The van der Waals surface area contributed by atoms with Crippen LogP contribution in [0.3, 0.4) is 0 Å². The van der Waals surface area contributed by atoms with Gasteiger partial charge < -0.3 is 10.6 Å². The van der Waals surface area contributed by atoms with Gasteiger partial charge in [-0.05, 0) is 56.0 Å². The van der Waals surface area contributed by atoms with E-state index in [4.69, 9.17) is 5.73 Å². The zero-order valence-electron chi connectivity index (χ0n) is 9.50. The van der Waals surface area contributed by atoms with Crippen LogP contribution in [0.5, 0.6) is 0 Å². The number of hydrogen-bond donors (Lipinski definition) is 1. The highest BCUT2D eigenvalue weighted by molar-refractivity contribution is 5.51. The molecule has 1 aliphatic heterocycles. The van der Waals surface area contributed by atoms with Crippen LogP contribution in [-0.4, -0.2) is 19.6 Å². The van der Waals surface area contributed by atoms with Crippen molar-refractivity contribution in [1.29, 1.82) is 0 Å². The molecule has 1 saturated heterocycles. The summed E-state index contributed by atoms with van der Waals surface area (Å²) in [5.41, 5.74) is 9.73. The van der Waals surface area contributed by atoms with E-state index < -0.39 is 0 Å². The summed E-state index contributed by atoms with van der Waals surface area (Å²) in [4.78, 5) is 2.47. The summed E-state index contributed by atoms with van der Waals surface area (Å²) in [6.07, 6.45) is 3.67. The lowest BCUT2D eigenvalue weighted by atomic mass is 10.0. The van der Waals surface area contributed by atoms with Gasteiger partial charge in [0, 0.05) is 18.8 Å². The Balaban J connectivity index is 2.16. The SMILES string of the molecule is Cc1cc(N2CCCC2)ccc1CCN. The average molecular weight is 204 g/mol. The number of benzene rings is 1. The minimum absolute atomic E-state index is 0.740. The van der Waals surface area contributed by atoms with E-state index in [0.717, 1.165) is 13.0 Å². The van der Waals surface area contributed by atoms with E-state index in [1.807, 2.05) is 0 Å². The van der Waals surface area contributed by atoms with Gasteiger partial charge in [0.2, 0.25) is 0 Å². The normalized spacial score (nSPS) is 16.0. The Morgan fingerprint density at radius 1 is 1.27 bits per heavy atom. The van der Waals surface area contributed by atoms with E-state index in [-0.39, 0.29) is 0 Å². The van der Waals surface area contributed by atoms with Gasteiger partial charge in [-0.3, -0.25) is 0 Å². The molecule has 2 heteroatoms. The third-order valence-electron chi connectivity index (χ3n) is 3.21. The molecule has 0 spiro atoms. The molecule has 1 heterocycles. The zero-order valence-corrected chi connectivity index (χ0v) is 9.50. The van der Waals surface area contributed by atoms with E-state index in [2.05, 4.69) is 30.0 Å². The predicted molar refractivity (Wildman–Crippen MR) is 65.4 cm³/mol. The Labute approximate surface area is 92.1 Å². The fourth-order valence-corrected chi connectivity index (χ4v) is 2.29. The predicted octanol–water partition coefficient (Wildman–Crippen LogP) is 2.10. The lowest BCUT2D eigenvalue weighted by Crippen LogP contribution is -2.17. The minimum atomic E-state index is 0.740. The Morgan fingerprint density at radius 3 is 2.60 bits per heavy atom. The number of nitrogens with zero attached hydrogens (tertiary/aromatic N) is 1. The maximum absolute atomic E-state index is 5.58. The first-order chi connectivity index (χ1) is 7.31. The van der Waals surface area contributed by atoms with E-state index in [9.17, 15) is 0 Å². The van der Waals surface area contributed by atoms with Gasteiger partial charge >= 0.3 is 0 Å². The summed E-state index contributed by atoms with van der Waals surface area (Å²) in [7, 11) is 0. The molecular weight excluding hydrogens is 184 g/mol. The van der Waals surface area contributed by atoms with Gasteiger partial charge in [-0.25, -0.2) is 0 Å². The number of hydrogen-bond acceptors (Lipinski definition) is 2. The van der Waals surface area contributed by atoms with Crippen LogP contribution >= 0.6 is 0 Å². The first-order valence-corrected chi connectivity index (χ1v) is 5.86. The van der Waals surface area contributed by atoms with Crippen LogP contribution in [0.2, 0.25) is 0 Å². The van der Waals surface area contributed by atoms with Crippen LogP contribution in [0, 0.1) is 6.92 Å². The molecule has 0 bridgehead atoms. The lowest BCUT2D eigenvalue weighted by molar-refractivity contribution is 0.943. The summed E-state index contributed by atoms with van der Waals surface area (Å²) < 4.78 is 0. The van der Waals surface area contributed by atoms with Crippen molar-refractivity contribution in [1.82, 2.24) is 0 Å². The molecule has 2 nitrogen and oxygen atoms in total. The van der Waals surface area contributed by atoms with E-state index in [0.29, 0.717) is 0 Å². The van der Waals surface area contributed by atoms with Crippen molar-refractivity contribution < 1.29 is 0 Å². The van der Waals surface area contributed by atoms with Crippen LogP contribution < -0.4 is 10.6 Å². The molecule has 0 aliphatic carbocycles. The van der Waals surface area contributed by atoms with Gasteiger partial charge in [0.1, 0.15) is 0 Å². The maximum atomic E-state index is 5.58. The monoisotopic (exact) mass is 204 g/mol. The standard InChI is InChI=1S/C13H20N2/c1-11-10-13(15-8-2-3-9-15)5-4-12(11)6-7-14/h4-5,10H,2-3,6-9,14H2,1H3. The molecule has 2 rings (SSSR count). The molecule has 0 amide bonds. The Morgan fingerprint density at radius 2 is 2.00 bits per heavy atom. The third kappa shape index (κ3) is 2.32. The van der Waals surface area contributed by atoms with Crippen molar-refractivity contribution in [2.24, 2.45) is 5.73 Å². The van der Waals surface area contributed by atoms with Gasteiger partial charge in [0.05, 0.1) is 0 Å². The van der Waals surface area contributed by atoms with Gasteiger partial charge in [0.15, 0.2) is 0 Å². The molecule has 0 unspecified atom stereocenters. The fourth-order valence-electron chi connectivity index (χ4n) is 2.29. The second-order valence-electron chi connectivity index (χ2n) is 4.34. The van der Waals surface area contributed by atoms with Crippen LogP contribution in [0.25, 0.3) is 0 Å². The minimum Gasteiger partial charge on any atom is -0.372 e. The summed E-state index contributed by atoms with van der Waals surface area (Å²) >= 11 is 0. The van der Waals surface area contributed by atoms with E-state index in [1.165, 1.54) is 42.7 Å². The van der Waals surface area contributed by atoms with Crippen molar-refractivity contribution in [3.8, 4) is 0 Å². The molecule has 0 aromatic heterocycles. The molecule has 1 fully saturated rings. The summed E-state index contributed by atoms with van der Waals surface area (Å²) in [5, 5.41) is 0. The topological polar surface area (TPSA) is 29.3 Å².